The van der Waals surface area contributed by atoms with Gasteiger partial charge in [0.25, 0.3) is 5.91 Å². The van der Waals surface area contributed by atoms with Crippen LogP contribution in [0.15, 0.2) is 18.2 Å². The molecule has 1 aliphatic rings. The predicted molar refractivity (Wildman–Crippen MR) is 83.0 cm³/mol. The Labute approximate surface area is 134 Å². The van der Waals surface area contributed by atoms with Gasteiger partial charge in [-0.15, -0.1) is 0 Å². The van der Waals surface area contributed by atoms with Crippen molar-refractivity contribution in [3.05, 3.63) is 28.8 Å². The van der Waals surface area contributed by atoms with Crippen LogP contribution in [0.3, 0.4) is 0 Å². The van der Waals surface area contributed by atoms with Gasteiger partial charge in [-0.05, 0) is 38.0 Å². The summed E-state index contributed by atoms with van der Waals surface area (Å²) in [6.45, 7) is 2.96. The van der Waals surface area contributed by atoms with Crippen LogP contribution in [-0.2, 0) is 9.53 Å². The molecule has 1 aromatic rings. The van der Waals surface area contributed by atoms with Gasteiger partial charge in [0.2, 0.25) is 0 Å². The Kier molecular flexibility index (Phi) is 5.66. The summed E-state index contributed by atoms with van der Waals surface area (Å²) in [5.41, 5.74) is -0.0000774. The van der Waals surface area contributed by atoms with Gasteiger partial charge in [0.05, 0.1) is 0 Å². The highest BCUT2D eigenvalue weighted by Crippen LogP contribution is 2.23. The lowest BCUT2D eigenvalue weighted by atomic mass is 10.2. The summed E-state index contributed by atoms with van der Waals surface area (Å²) in [6.07, 6.45) is 3.32. The number of amides is 1. The molecule has 22 heavy (non-hydrogen) atoms. The van der Waals surface area contributed by atoms with E-state index < -0.39 is 12.1 Å². The van der Waals surface area contributed by atoms with Crippen LogP contribution in [0.2, 0.25) is 5.02 Å². The lowest BCUT2D eigenvalue weighted by Gasteiger charge is -2.24. The van der Waals surface area contributed by atoms with Gasteiger partial charge in [0.1, 0.15) is 11.3 Å². The second-order valence-corrected chi connectivity index (χ2v) is 5.88. The first-order chi connectivity index (χ1) is 10.5. The van der Waals surface area contributed by atoms with E-state index in [0.717, 1.165) is 25.7 Å². The van der Waals surface area contributed by atoms with Crippen molar-refractivity contribution >= 4 is 23.5 Å². The highest BCUT2D eigenvalue weighted by molar-refractivity contribution is 6.30. The normalized spacial score (nSPS) is 16.7. The van der Waals surface area contributed by atoms with E-state index in [9.17, 15) is 14.7 Å². The van der Waals surface area contributed by atoms with Gasteiger partial charge < -0.3 is 14.7 Å². The second kappa shape index (κ2) is 7.49. The first-order valence-electron chi connectivity index (χ1n) is 7.47. The van der Waals surface area contributed by atoms with E-state index in [0.29, 0.717) is 18.1 Å². The lowest BCUT2D eigenvalue weighted by molar-refractivity contribution is -0.139. The molecular formula is C16H20ClNO4. The maximum absolute atomic E-state index is 12.3. The molecule has 1 unspecified atom stereocenters. The average Bonchev–Trinajstić information content (AvgIpc) is 2.75. The third-order valence-electron chi connectivity index (χ3n) is 3.73. The fourth-order valence-corrected chi connectivity index (χ4v) is 2.67. The number of nitrogens with zero attached hydrogens (tertiary/aromatic N) is 1. The number of phenols is 1. The highest BCUT2D eigenvalue weighted by Gasteiger charge is 2.25. The number of likely N-dealkylation sites (tertiary alicyclic amines) is 1. The molecule has 2 rings (SSSR count). The zero-order valence-corrected chi connectivity index (χ0v) is 13.3. The Morgan fingerprint density at radius 2 is 1.86 bits per heavy atom. The van der Waals surface area contributed by atoms with Gasteiger partial charge >= 0.3 is 5.97 Å². The number of aromatic hydroxyl groups is 1. The Morgan fingerprint density at radius 3 is 2.45 bits per heavy atom. The number of halogens is 1. The minimum absolute atomic E-state index is 0.0000774. The second-order valence-electron chi connectivity index (χ2n) is 5.45. The maximum atomic E-state index is 12.3. The molecule has 1 atom stereocenters. The van der Waals surface area contributed by atoms with Gasteiger partial charge in [-0.3, -0.25) is 4.79 Å². The summed E-state index contributed by atoms with van der Waals surface area (Å²) < 4.78 is 5.18. The van der Waals surface area contributed by atoms with E-state index in [1.54, 1.807) is 11.8 Å². The summed E-state index contributed by atoms with van der Waals surface area (Å²) in [4.78, 5) is 26.1. The number of ether oxygens (including phenoxy) is 1. The number of esters is 1. The largest absolute Gasteiger partial charge is 0.507 e. The molecule has 1 amide bonds. The molecule has 1 aromatic carbocycles. The van der Waals surface area contributed by atoms with Gasteiger partial charge in [0, 0.05) is 18.1 Å². The molecule has 0 radical (unpaired) electrons. The molecule has 0 aromatic heterocycles. The number of hydrogen-bond acceptors (Lipinski definition) is 4. The first-order valence-corrected chi connectivity index (χ1v) is 7.85. The summed E-state index contributed by atoms with van der Waals surface area (Å²) in [6, 6.07) is 4.13. The van der Waals surface area contributed by atoms with Crippen molar-refractivity contribution < 1.29 is 19.4 Å². The fourth-order valence-electron chi connectivity index (χ4n) is 2.50. The van der Waals surface area contributed by atoms with Crippen LogP contribution in [-0.4, -0.2) is 41.1 Å². The molecule has 0 saturated carbocycles. The van der Waals surface area contributed by atoms with E-state index in [1.165, 1.54) is 18.2 Å². The van der Waals surface area contributed by atoms with Crippen LogP contribution in [0.25, 0.3) is 0 Å². The van der Waals surface area contributed by atoms with Crippen LogP contribution >= 0.6 is 11.6 Å². The topological polar surface area (TPSA) is 66.8 Å². The molecule has 1 aliphatic heterocycles. The van der Waals surface area contributed by atoms with Crippen molar-refractivity contribution in [2.45, 2.75) is 38.7 Å². The quantitative estimate of drug-likeness (QED) is 0.868. The molecule has 1 N–H and O–H groups in total. The Balaban J connectivity index is 1.99. The number of rotatable bonds is 3. The van der Waals surface area contributed by atoms with E-state index in [4.69, 9.17) is 16.3 Å². The summed E-state index contributed by atoms with van der Waals surface area (Å²) in [5, 5.41) is 10.0. The monoisotopic (exact) mass is 325 g/mol. The van der Waals surface area contributed by atoms with Crippen molar-refractivity contribution in [2.75, 3.05) is 13.1 Å². The lowest BCUT2D eigenvalue weighted by Crippen LogP contribution is -2.40. The summed E-state index contributed by atoms with van der Waals surface area (Å²) in [7, 11) is 0. The SMILES string of the molecule is CC(OC(=O)c1ccc(Cl)cc1O)C(=O)N1CCCCCC1. The number of hydrogen-bond donors (Lipinski definition) is 1. The first kappa shape index (κ1) is 16.6. The zero-order valence-electron chi connectivity index (χ0n) is 12.5. The number of carbonyl (C=O) groups is 2. The number of phenolic OH excluding ortho intramolecular Hbond substituents is 1. The van der Waals surface area contributed by atoms with Crippen LogP contribution < -0.4 is 0 Å². The van der Waals surface area contributed by atoms with Crippen LogP contribution in [0.1, 0.15) is 43.0 Å². The van der Waals surface area contributed by atoms with E-state index in [2.05, 4.69) is 0 Å². The van der Waals surface area contributed by atoms with Gasteiger partial charge in [-0.25, -0.2) is 4.79 Å². The fraction of sp³-hybridized carbons (Fsp3) is 0.500. The number of benzene rings is 1. The van der Waals surface area contributed by atoms with Crippen molar-refractivity contribution in [1.82, 2.24) is 4.90 Å². The van der Waals surface area contributed by atoms with E-state index in [1.807, 2.05) is 0 Å². The van der Waals surface area contributed by atoms with Crippen molar-refractivity contribution in [3.8, 4) is 5.75 Å². The van der Waals surface area contributed by atoms with Crippen LogP contribution in [0, 0.1) is 0 Å². The maximum Gasteiger partial charge on any atom is 0.342 e. The molecule has 1 heterocycles. The molecule has 0 spiro atoms. The van der Waals surface area contributed by atoms with E-state index in [-0.39, 0.29) is 17.2 Å². The average molecular weight is 326 g/mol. The molecule has 6 heteroatoms. The number of carbonyl (C=O) groups excluding carboxylic acids is 2. The summed E-state index contributed by atoms with van der Waals surface area (Å²) in [5.74, 6) is -1.18. The van der Waals surface area contributed by atoms with Crippen LogP contribution in [0.5, 0.6) is 5.75 Å². The van der Waals surface area contributed by atoms with Crippen molar-refractivity contribution in [1.29, 1.82) is 0 Å². The van der Waals surface area contributed by atoms with Gasteiger partial charge in [0.15, 0.2) is 6.10 Å². The zero-order chi connectivity index (χ0) is 16.1. The third kappa shape index (κ3) is 4.13. The Morgan fingerprint density at radius 1 is 1.23 bits per heavy atom. The highest BCUT2D eigenvalue weighted by atomic mass is 35.5. The third-order valence-corrected chi connectivity index (χ3v) is 3.96. The van der Waals surface area contributed by atoms with Gasteiger partial charge in [-0.2, -0.15) is 0 Å². The summed E-state index contributed by atoms with van der Waals surface area (Å²) >= 11 is 5.72. The molecule has 5 nitrogen and oxygen atoms in total. The molecule has 0 bridgehead atoms. The Bertz CT molecular complexity index is 553. The molecule has 120 valence electrons. The van der Waals surface area contributed by atoms with E-state index >= 15 is 0 Å². The minimum atomic E-state index is -0.874. The molecular weight excluding hydrogens is 306 g/mol. The minimum Gasteiger partial charge on any atom is -0.507 e. The molecule has 1 fully saturated rings. The predicted octanol–water partition coefficient (Wildman–Crippen LogP) is 2.99. The van der Waals surface area contributed by atoms with Crippen LogP contribution in [0.4, 0.5) is 0 Å². The standard InChI is InChI=1S/C16H20ClNO4/c1-11(15(20)18-8-4-2-3-5-9-18)22-16(21)13-7-6-12(17)10-14(13)19/h6-7,10-11,19H,2-5,8-9H2,1H3. The smallest absolute Gasteiger partial charge is 0.342 e. The Hall–Kier alpha value is -1.75. The molecule has 1 saturated heterocycles. The van der Waals surface area contributed by atoms with Crippen molar-refractivity contribution in [2.24, 2.45) is 0 Å². The molecule has 0 aliphatic carbocycles. The van der Waals surface area contributed by atoms with Gasteiger partial charge in [-0.1, -0.05) is 24.4 Å². The van der Waals surface area contributed by atoms with Crippen molar-refractivity contribution in [3.63, 3.8) is 0 Å².